The van der Waals surface area contributed by atoms with Gasteiger partial charge in [-0.25, -0.2) is 13.2 Å². The fraction of sp³-hybridized carbons (Fsp3) is 0.500. The van der Waals surface area contributed by atoms with Crippen LogP contribution < -0.4 is 0 Å². The van der Waals surface area contributed by atoms with Crippen molar-refractivity contribution in [2.24, 2.45) is 0 Å². The zero-order valence-electron chi connectivity index (χ0n) is 17.1. The predicted octanol–water partition coefficient (Wildman–Crippen LogP) is 6.76. The first-order chi connectivity index (χ1) is 14.0. The van der Waals surface area contributed by atoms with E-state index in [1.54, 1.807) is 13.0 Å². The number of hydrogen-bond donors (Lipinski definition) is 0. The molecule has 1 aliphatic heterocycles. The molecule has 2 atom stereocenters. The molecule has 0 aliphatic carbocycles. The van der Waals surface area contributed by atoms with E-state index in [2.05, 4.69) is 6.92 Å². The summed E-state index contributed by atoms with van der Waals surface area (Å²) >= 11 is 0. The number of unbranched alkanes of at least 4 members (excludes halogenated alkanes) is 2. The Morgan fingerprint density at radius 3 is 2.41 bits per heavy atom. The molecule has 0 bridgehead atoms. The number of aryl methyl sites for hydroxylation is 1. The molecular formula is C24H29F3O2. The van der Waals surface area contributed by atoms with Crippen LogP contribution in [-0.4, -0.2) is 19.3 Å². The average Bonchev–Trinajstić information content (AvgIpc) is 2.74. The Morgan fingerprint density at radius 1 is 0.966 bits per heavy atom. The van der Waals surface area contributed by atoms with E-state index in [-0.39, 0.29) is 28.9 Å². The van der Waals surface area contributed by atoms with Gasteiger partial charge in [0.1, 0.15) is 5.82 Å². The monoisotopic (exact) mass is 406 g/mol. The van der Waals surface area contributed by atoms with Crippen LogP contribution in [0.3, 0.4) is 0 Å². The lowest BCUT2D eigenvalue weighted by Gasteiger charge is -2.29. The van der Waals surface area contributed by atoms with Gasteiger partial charge in [-0.05, 0) is 42.9 Å². The van der Waals surface area contributed by atoms with Gasteiger partial charge in [0.05, 0.1) is 18.8 Å². The molecule has 0 radical (unpaired) electrons. The number of benzene rings is 2. The van der Waals surface area contributed by atoms with Gasteiger partial charge >= 0.3 is 0 Å². The topological polar surface area (TPSA) is 18.5 Å². The number of rotatable bonds is 8. The van der Waals surface area contributed by atoms with Crippen LogP contribution in [0.5, 0.6) is 0 Å². The number of halogens is 3. The SMILES string of the molecule is CCCCCOC1CCC(c2ccc(-c3ccc(CC)c(F)c3F)c(F)c2)OC1. The van der Waals surface area contributed by atoms with Gasteiger partial charge < -0.3 is 9.47 Å². The lowest BCUT2D eigenvalue weighted by atomic mass is 9.96. The molecule has 29 heavy (non-hydrogen) atoms. The average molecular weight is 406 g/mol. The molecule has 158 valence electrons. The van der Waals surface area contributed by atoms with Crippen molar-refractivity contribution in [1.82, 2.24) is 0 Å². The Labute approximate surface area is 171 Å². The molecule has 0 saturated carbocycles. The van der Waals surface area contributed by atoms with Crippen LogP contribution >= 0.6 is 0 Å². The van der Waals surface area contributed by atoms with E-state index in [1.807, 2.05) is 0 Å². The predicted molar refractivity (Wildman–Crippen MR) is 108 cm³/mol. The van der Waals surface area contributed by atoms with E-state index in [0.29, 0.717) is 18.6 Å². The first kappa shape index (κ1) is 21.8. The molecular weight excluding hydrogens is 377 g/mol. The molecule has 2 nitrogen and oxygen atoms in total. The third kappa shape index (κ3) is 5.20. The van der Waals surface area contributed by atoms with Crippen molar-refractivity contribution in [3.05, 3.63) is 58.9 Å². The molecule has 1 aliphatic rings. The molecule has 2 aromatic carbocycles. The second-order valence-electron chi connectivity index (χ2n) is 7.59. The van der Waals surface area contributed by atoms with Crippen molar-refractivity contribution in [2.45, 2.75) is 64.6 Å². The zero-order chi connectivity index (χ0) is 20.8. The summed E-state index contributed by atoms with van der Waals surface area (Å²) in [5.74, 6) is -2.49. The Morgan fingerprint density at radius 2 is 1.76 bits per heavy atom. The minimum absolute atomic E-state index is 0.0562. The Bertz CT molecular complexity index is 814. The summed E-state index contributed by atoms with van der Waals surface area (Å²) in [5, 5.41) is 0. The Kier molecular flexibility index (Phi) is 7.73. The van der Waals surface area contributed by atoms with Gasteiger partial charge in [-0.3, -0.25) is 0 Å². The van der Waals surface area contributed by atoms with Gasteiger partial charge in [0.25, 0.3) is 0 Å². The van der Waals surface area contributed by atoms with Crippen LogP contribution in [0.2, 0.25) is 0 Å². The maximum Gasteiger partial charge on any atom is 0.167 e. The van der Waals surface area contributed by atoms with E-state index in [1.165, 1.54) is 24.3 Å². The van der Waals surface area contributed by atoms with Crippen molar-refractivity contribution in [1.29, 1.82) is 0 Å². The van der Waals surface area contributed by atoms with Crippen LogP contribution in [0.25, 0.3) is 11.1 Å². The molecule has 2 unspecified atom stereocenters. The van der Waals surface area contributed by atoms with Crippen LogP contribution in [0, 0.1) is 17.5 Å². The van der Waals surface area contributed by atoms with E-state index in [4.69, 9.17) is 9.47 Å². The molecule has 1 heterocycles. The van der Waals surface area contributed by atoms with Gasteiger partial charge in [-0.2, -0.15) is 0 Å². The number of hydrogen-bond acceptors (Lipinski definition) is 2. The fourth-order valence-electron chi connectivity index (χ4n) is 3.74. The second-order valence-corrected chi connectivity index (χ2v) is 7.59. The van der Waals surface area contributed by atoms with Gasteiger partial charge in [0.2, 0.25) is 0 Å². The lowest BCUT2D eigenvalue weighted by Crippen LogP contribution is -2.28. The first-order valence-corrected chi connectivity index (χ1v) is 10.5. The molecule has 0 amide bonds. The molecule has 5 heteroatoms. The summed E-state index contributed by atoms with van der Waals surface area (Å²) in [4.78, 5) is 0. The highest BCUT2D eigenvalue weighted by Gasteiger charge is 2.25. The Hall–Kier alpha value is -1.85. The highest BCUT2D eigenvalue weighted by molar-refractivity contribution is 5.66. The van der Waals surface area contributed by atoms with Crippen molar-refractivity contribution in [2.75, 3.05) is 13.2 Å². The Balaban J connectivity index is 1.66. The highest BCUT2D eigenvalue weighted by Crippen LogP contribution is 2.34. The molecule has 0 N–H and O–H groups in total. The maximum absolute atomic E-state index is 14.7. The molecule has 1 fully saturated rings. The van der Waals surface area contributed by atoms with Crippen LogP contribution in [0.1, 0.15) is 63.2 Å². The summed E-state index contributed by atoms with van der Waals surface area (Å²) in [7, 11) is 0. The van der Waals surface area contributed by atoms with Crippen molar-refractivity contribution >= 4 is 0 Å². The van der Waals surface area contributed by atoms with Crippen molar-refractivity contribution in [3.8, 4) is 11.1 Å². The molecule has 0 spiro atoms. The summed E-state index contributed by atoms with van der Waals surface area (Å²) in [6, 6.07) is 7.55. The van der Waals surface area contributed by atoms with Crippen LogP contribution in [-0.2, 0) is 15.9 Å². The highest BCUT2D eigenvalue weighted by atomic mass is 19.2. The van der Waals surface area contributed by atoms with E-state index >= 15 is 0 Å². The van der Waals surface area contributed by atoms with Crippen molar-refractivity contribution in [3.63, 3.8) is 0 Å². The first-order valence-electron chi connectivity index (χ1n) is 10.5. The molecule has 0 aromatic heterocycles. The lowest BCUT2D eigenvalue weighted by molar-refractivity contribution is -0.0873. The smallest absolute Gasteiger partial charge is 0.167 e. The van der Waals surface area contributed by atoms with E-state index in [0.717, 1.165) is 38.7 Å². The largest absolute Gasteiger partial charge is 0.376 e. The fourth-order valence-corrected chi connectivity index (χ4v) is 3.74. The minimum atomic E-state index is -1.01. The van der Waals surface area contributed by atoms with Gasteiger partial charge in [0.15, 0.2) is 11.6 Å². The summed E-state index contributed by atoms with van der Waals surface area (Å²) in [6.45, 7) is 5.13. The third-order valence-electron chi connectivity index (χ3n) is 5.53. The molecule has 2 aromatic rings. The summed E-state index contributed by atoms with van der Waals surface area (Å²) < 4.78 is 54.9. The van der Waals surface area contributed by atoms with Crippen LogP contribution in [0.15, 0.2) is 30.3 Å². The summed E-state index contributed by atoms with van der Waals surface area (Å²) in [5.41, 5.74) is 0.988. The molecule has 1 saturated heterocycles. The van der Waals surface area contributed by atoms with Gasteiger partial charge in [-0.15, -0.1) is 0 Å². The maximum atomic E-state index is 14.7. The summed E-state index contributed by atoms with van der Waals surface area (Å²) in [6.07, 6.45) is 5.23. The van der Waals surface area contributed by atoms with E-state index < -0.39 is 17.5 Å². The van der Waals surface area contributed by atoms with E-state index in [9.17, 15) is 13.2 Å². The third-order valence-corrected chi connectivity index (χ3v) is 5.53. The zero-order valence-corrected chi connectivity index (χ0v) is 17.1. The normalized spacial score (nSPS) is 19.5. The quantitative estimate of drug-likeness (QED) is 0.451. The standard InChI is InChI=1S/C24H29F3O2/c1-3-5-6-13-28-18-9-12-22(29-15-18)17-8-10-19(21(25)14-17)20-11-7-16(4-2)23(26)24(20)27/h7-8,10-11,14,18,22H,3-6,9,12-13,15H2,1-2H3. The minimum Gasteiger partial charge on any atom is -0.376 e. The molecule has 3 rings (SSSR count). The van der Waals surface area contributed by atoms with Crippen molar-refractivity contribution < 1.29 is 22.6 Å². The van der Waals surface area contributed by atoms with Gasteiger partial charge in [0, 0.05) is 17.7 Å². The second kappa shape index (κ2) is 10.3. The van der Waals surface area contributed by atoms with Crippen LogP contribution in [0.4, 0.5) is 13.2 Å². The number of ether oxygens (including phenoxy) is 2. The van der Waals surface area contributed by atoms with Gasteiger partial charge in [-0.1, -0.05) is 51.0 Å².